The summed E-state index contributed by atoms with van der Waals surface area (Å²) in [7, 11) is 0. The average Bonchev–Trinajstić information content (AvgIpc) is 2.40. The smallest absolute Gasteiger partial charge is 0.0748 e. The van der Waals surface area contributed by atoms with Gasteiger partial charge in [0.05, 0.1) is 17.7 Å². The van der Waals surface area contributed by atoms with Crippen molar-refractivity contribution >= 4 is 0 Å². The van der Waals surface area contributed by atoms with Crippen LogP contribution in [0.2, 0.25) is 0 Å². The van der Waals surface area contributed by atoms with Gasteiger partial charge in [0, 0.05) is 0 Å². The number of nitrogens with one attached hydrogen (secondary N) is 1. The zero-order chi connectivity index (χ0) is 15.2. The fraction of sp³-hybridized carbons (Fsp3) is 0.667. The highest BCUT2D eigenvalue weighted by molar-refractivity contribution is 5.25. The van der Waals surface area contributed by atoms with E-state index in [0.29, 0.717) is 0 Å². The topological polar surface area (TPSA) is 21.3 Å². The van der Waals surface area contributed by atoms with Crippen LogP contribution in [0.3, 0.4) is 0 Å². The van der Waals surface area contributed by atoms with Crippen LogP contribution in [0.1, 0.15) is 64.6 Å². The Hall–Kier alpha value is -0.860. The molecule has 0 spiro atoms. The number of aryl methyl sites for hydroxylation is 1. The van der Waals surface area contributed by atoms with Gasteiger partial charge < -0.3 is 10.1 Å². The molecule has 0 aliphatic carbocycles. The van der Waals surface area contributed by atoms with Gasteiger partial charge in [-0.05, 0) is 52.6 Å². The van der Waals surface area contributed by atoms with Crippen LogP contribution in [-0.2, 0) is 4.74 Å². The van der Waals surface area contributed by atoms with E-state index in [0.717, 1.165) is 19.4 Å². The third-order valence-corrected chi connectivity index (χ3v) is 3.88. The molecule has 0 aromatic heterocycles. The quantitative estimate of drug-likeness (QED) is 0.748. The second kappa shape index (κ2) is 7.80. The van der Waals surface area contributed by atoms with Crippen molar-refractivity contribution in [1.82, 2.24) is 5.32 Å². The van der Waals surface area contributed by atoms with Crippen LogP contribution in [0.25, 0.3) is 0 Å². The number of hydrogen-bond acceptors (Lipinski definition) is 2. The summed E-state index contributed by atoms with van der Waals surface area (Å²) in [5.74, 6) is 0. The van der Waals surface area contributed by atoms with Gasteiger partial charge in [0.1, 0.15) is 0 Å². The molecule has 0 amide bonds. The first-order valence-electron chi connectivity index (χ1n) is 7.87. The fourth-order valence-corrected chi connectivity index (χ4v) is 2.28. The van der Waals surface area contributed by atoms with Gasteiger partial charge in [0.25, 0.3) is 0 Å². The van der Waals surface area contributed by atoms with Crippen LogP contribution >= 0.6 is 0 Å². The first-order chi connectivity index (χ1) is 9.39. The van der Waals surface area contributed by atoms with Crippen LogP contribution in [0.5, 0.6) is 0 Å². The SMILES string of the molecule is CCCNC(c1ccc(C)cc1)C(C)OC(C)(C)CC. The molecule has 0 saturated heterocycles. The lowest BCUT2D eigenvalue weighted by atomic mass is 9.99. The maximum Gasteiger partial charge on any atom is 0.0748 e. The van der Waals surface area contributed by atoms with E-state index < -0.39 is 0 Å². The summed E-state index contributed by atoms with van der Waals surface area (Å²) in [5.41, 5.74) is 2.53. The second-order valence-electron chi connectivity index (χ2n) is 6.28. The van der Waals surface area contributed by atoms with Gasteiger partial charge in [-0.1, -0.05) is 43.7 Å². The predicted octanol–water partition coefficient (Wildman–Crippen LogP) is 4.63. The van der Waals surface area contributed by atoms with Crippen molar-refractivity contribution in [3.63, 3.8) is 0 Å². The lowest BCUT2D eigenvalue weighted by molar-refractivity contribution is -0.0799. The standard InChI is InChI=1S/C18H31NO/c1-7-13-19-17(15(4)20-18(5,6)8-2)16-11-9-14(3)10-12-16/h9-12,15,17,19H,7-8,13H2,1-6H3. The molecule has 2 heteroatoms. The fourth-order valence-electron chi connectivity index (χ4n) is 2.28. The van der Waals surface area contributed by atoms with Crippen molar-refractivity contribution < 1.29 is 4.74 Å². The van der Waals surface area contributed by atoms with Gasteiger partial charge in [-0.15, -0.1) is 0 Å². The van der Waals surface area contributed by atoms with Crippen LogP contribution in [-0.4, -0.2) is 18.2 Å². The lowest BCUT2D eigenvalue weighted by Gasteiger charge is -2.33. The minimum atomic E-state index is -0.0732. The maximum absolute atomic E-state index is 6.27. The molecule has 0 fully saturated rings. The van der Waals surface area contributed by atoms with E-state index in [1.54, 1.807) is 0 Å². The molecule has 0 saturated carbocycles. The second-order valence-corrected chi connectivity index (χ2v) is 6.28. The molecule has 0 aliphatic rings. The van der Waals surface area contributed by atoms with Gasteiger partial charge >= 0.3 is 0 Å². The Morgan fingerprint density at radius 3 is 2.25 bits per heavy atom. The van der Waals surface area contributed by atoms with Crippen molar-refractivity contribution in [2.24, 2.45) is 0 Å². The van der Waals surface area contributed by atoms with Gasteiger partial charge in [-0.3, -0.25) is 0 Å². The van der Waals surface area contributed by atoms with Crippen molar-refractivity contribution in [1.29, 1.82) is 0 Å². The molecule has 114 valence electrons. The third-order valence-electron chi connectivity index (χ3n) is 3.88. The third kappa shape index (κ3) is 5.26. The van der Waals surface area contributed by atoms with E-state index >= 15 is 0 Å². The molecular weight excluding hydrogens is 246 g/mol. The van der Waals surface area contributed by atoms with Crippen LogP contribution in [0.4, 0.5) is 0 Å². The normalized spacial score (nSPS) is 15.1. The molecule has 0 bridgehead atoms. The molecule has 0 heterocycles. The molecule has 1 aromatic rings. The highest BCUT2D eigenvalue weighted by Crippen LogP contribution is 2.25. The molecule has 0 aliphatic heterocycles. The molecule has 1 aromatic carbocycles. The largest absolute Gasteiger partial charge is 0.371 e. The van der Waals surface area contributed by atoms with E-state index in [4.69, 9.17) is 4.74 Å². The van der Waals surface area contributed by atoms with Crippen molar-refractivity contribution in [3.8, 4) is 0 Å². The average molecular weight is 277 g/mol. The van der Waals surface area contributed by atoms with Crippen LogP contribution < -0.4 is 5.32 Å². The Bertz CT molecular complexity index is 383. The van der Waals surface area contributed by atoms with E-state index in [9.17, 15) is 0 Å². The van der Waals surface area contributed by atoms with Crippen LogP contribution in [0, 0.1) is 6.92 Å². The van der Waals surface area contributed by atoms with Crippen LogP contribution in [0.15, 0.2) is 24.3 Å². The van der Waals surface area contributed by atoms with Crippen molar-refractivity contribution in [3.05, 3.63) is 35.4 Å². The minimum absolute atomic E-state index is 0.0732. The monoisotopic (exact) mass is 277 g/mol. The maximum atomic E-state index is 6.27. The molecular formula is C18H31NO. The van der Waals surface area contributed by atoms with Gasteiger partial charge in [-0.25, -0.2) is 0 Å². The Morgan fingerprint density at radius 1 is 1.15 bits per heavy atom. The van der Waals surface area contributed by atoms with E-state index in [-0.39, 0.29) is 17.7 Å². The zero-order valence-corrected chi connectivity index (χ0v) is 14.0. The molecule has 20 heavy (non-hydrogen) atoms. The Morgan fingerprint density at radius 2 is 1.75 bits per heavy atom. The van der Waals surface area contributed by atoms with Crippen molar-refractivity contribution in [2.75, 3.05) is 6.54 Å². The highest BCUT2D eigenvalue weighted by atomic mass is 16.5. The summed E-state index contributed by atoms with van der Waals surface area (Å²) < 4.78 is 6.27. The Balaban J connectivity index is 2.85. The number of benzene rings is 1. The number of rotatable bonds is 8. The summed E-state index contributed by atoms with van der Waals surface area (Å²) in [6.07, 6.45) is 2.30. The van der Waals surface area contributed by atoms with E-state index in [1.165, 1.54) is 11.1 Å². The molecule has 1 rings (SSSR count). The number of ether oxygens (including phenoxy) is 1. The summed E-state index contributed by atoms with van der Waals surface area (Å²) in [5, 5.41) is 3.63. The Labute approximate surface area is 124 Å². The molecule has 1 N–H and O–H groups in total. The van der Waals surface area contributed by atoms with Gasteiger partial charge in [0.15, 0.2) is 0 Å². The first-order valence-corrected chi connectivity index (χ1v) is 7.87. The summed E-state index contributed by atoms with van der Waals surface area (Å²) >= 11 is 0. The summed E-state index contributed by atoms with van der Waals surface area (Å²) in [4.78, 5) is 0. The first kappa shape index (κ1) is 17.2. The summed E-state index contributed by atoms with van der Waals surface area (Å²) in [6, 6.07) is 9.02. The number of hydrogen-bond donors (Lipinski definition) is 1. The van der Waals surface area contributed by atoms with E-state index in [2.05, 4.69) is 71.1 Å². The molecule has 2 atom stereocenters. The zero-order valence-electron chi connectivity index (χ0n) is 14.0. The Kier molecular flexibility index (Phi) is 6.70. The van der Waals surface area contributed by atoms with Gasteiger partial charge in [-0.2, -0.15) is 0 Å². The minimum Gasteiger partial charge on any atom is -0.371 e. The molecule has 2 nitrogen and oxygen atoms in total. The predicted molar refractivity (Wildman–Crippen MR) is 87.1 cm³/mol. The van der Waals surface area contributed by atoms with E-state index in [1.807, 2.05) is 0 Å². The van der Waals surface area contributed by atoms with Crippen molar-refractivity contribution in [2.45, 2.75) is 72.1 Å². The molecule has 0 radical (unpaired) electrons. The lowest BCUT2D eigenvalue weighted by Crippen LogP contribution is -2.38. The molecule has 2 unspecified atom stereocenters. The summed E-state index contributed by atoms with van der Waals surface area (Å²) in [6.45, 7) is 14.0. The van der Waals surface area contributed by atoms with Gasteiger partial charge in [0.2, 0.25) is 0 Å². The highest BCUT2D eigenvalue weighted by Gasteiger charge is 2.25.